The van der Waals surface area contributed by atoms with Crippen molar-refractivity contribution in [3.8, 4) is 0 Å². The van der Waals surface area contributed by atoms with Crippen molar-refractivity contribution in [1.29, 1.82) is 0 Å². The lowest BCUT2D eigenvalue weighted by Gasteiger charge is -2.30. The molecule has 3 rings (SSSR count). The van der Waals surface area contributed by atoms with Gasteiger partial charge in [-0.05, 0) is 49.5 Å². The number of likely N-dealkylation sites (tertiary alicyclic amines) is 1. The van der Waals surface area contributed by atoms with Crippen LogP contribution in [0.1, 0.15) is 30.2 Å². The van der Waals surface area contributed by atoms with Gasteiger partial charge in [0.05, 0.1) is 0 Å². The highest BCUT2D eigenvalue weighted by Gasteiger charge is 2.20. The molecule has 2 N–H and O–H groups in total. The van der Waals surface area contributed by atoms with Gasteiger partial charge in [0.1, 0.15) is 5.82 Å². The fourth-order valence-electron chi connectivity index (χ4n) is 2.99. The fourth-order valence-corrected chi connectivity index (χ4v) is 4.10. The standard InChI is InChI=1S/C16H21FN2S/c1-11-5-7-19(8-6-11)10-12-15(9-18)20-14-4-2-3-13(17)16(12)14/h2-4,11H,5-10,18H2,1H3. The molecular weight excluding hydrogens is 271 g/mol. The zero-order valence-corrected chi connectivity index (χ0v) is 12.7. The quantitative estimate of drug-likeness (QED) is 0.934. The molecule has 20 heavy (non-hydrogen) atoms. The highest BCUT2D eigenvalue weighted by molar-refractivity contribution is 7.19. The monoisotopic (exact) mass is 292 g/mol. The van der Waals surface area contributed by atoms with Crippen molar-refractivity contribution < 1.29 is 4.39 Å². The second kappa shape index (κ2) is 5.80. The van der Waals surface area contributed by atoms with E-state index in [2.05, 4.69) is 11.8 Å². The predicted molar refractivity (Wildman–Crippen MR) is 83.3 cm³/mol. The van der Waals surface area contributed by atoms with Crippen molar-refractivity contribution in [2.75, 3.05) is 13.1 Å². The third-order valence-electron chi connectivity index (χ3n) is 4.29. The second-order valence-electron chi connectivity index (χ2n) is 5.78. The van der Waals surface area contributed by atoms with Crippen LogP contribution in [0, 0.1) is 11.7 Å². The molecule has 0 saturated carbocycles. The van der Waals surface area contributed by atoms with Gasteiger partial charge < -0.3 is 5.73 Å². The van der Waals surface area contributed by atoms with Crippen molar-refractivity contribution >= 4 is 21.4 Å². The Kier molecular flexibility index (Phi) is 4.06. The van der Waals surface area contributed by atoms with Crippen molar-refractivity contribution in [2.45, 2.75) is 32.9 Å². The van der Waals surface area contributed by atoms with E-state index < -0.39 is 0 Å². The molecule has 0 amide bonds. The van der Waals surface area contributed by atoms with Crippen molar-refractivity contribution in [2.24, 2.45) is 11.7 Å². The minimum absolute atomic E-state index is 0.112. The zero-order valence-electron chi connectivity index (χ0n) is 11.9. The molecule has 108 valence electrons. The van der Waals surface area contributed by atoms with Crippen LogP contribution < -0.4 is 5.73 Å². The molecule has 1 aromatic heterocycles. The van der Waals surface area contributed by atoms with E-state index in [9.17, 15) is 4.39 Å². The molecule has 2 aromatic rings. The van der Waals surface area contributed by atoms with Crippen LogP contribution in [0.25, 0.3) is 10.1 Å². The van der Waals surface area contributed by atoms with E-state index in [1.165, 1.54) is 12.8 Å². The summed E-state index contributed by atoms with van der Waals surface area (Å²) >= 11 is 1.64. The summed E-state index contributed by atoms with van der Waals surface area (Å²) in [5, 5.41) is 0.788. The highest BCUT2D eigenvalue weighted by atomic mass is 32.1. The third kappa shape index (κ3) is 2.60. The van der Waals surface area contributed by atoms with E-state index in [1.54, 1.807) is 23.5 Å². The topological polar surface area (TPSA) is 29.3 Å². The Labute approximate surface area is 123 Å². The zero-order chi connectivity index (χ0) is 14.1. The van der Waals surface area contributed by atoms with Crippen LogP contribution in [0.15, 0.2) is 18.2 Å². The van der Waals surface area contributed by atoms with Gasteiger partial charge in [0.15, 0.2) is 0 Å². The lowest BCUT2D eigenvalue weighted by molar-refractivity contribution is 0.185. The van der Waals surface area contributed by atoms with Crippen molar-refractivity contribution in [3.05, 3.63) is 34.5 Å². The van der Waals surface area contributed by atoms with Gasteiger partial charge in [0.25, 0.3) is 0 Å². The number of halogens is 1. The SMILES string of the molecule is CC1CCN(Cc2c(CN)sc3cccc(F)c23)CC1. The van der Waals surface area contributed by atoms with Gasteiger partial charge in [-0.3, -0.25) is 4.90 Å². The minimum atomic E-state index is -0.112. The summed E-state index contributed by atoms with van der Waals surface area (Å²) in [6, 6.07) is 5.32. The molecule has 0 radical (unpaired) electrons. The maximum absolute atomic E-state index is 14.2. The molecule has 0 bridgehead atoms. The average molecular weight is 292 g/mol. The first-order chi connectivity index (χ1) is 9.69. The van der Waals surface area contributed by atoms with Crippen LogP contribution in [0.4, 0.5) is 4.39 Å². The molecule has 0 spiro atoms. The summed E-state index contributed by atoms with van der Waals surface area (Å²) in [7, 11) is 0. The van der Waals surface area contributed by atoms with Crippen LogP contribution in [0.2, 0.25) is 0 Å². The molecule has 0 unspecified atom stereocenters. The first kappa shape index (κ1) is 14.0. The van der Waals surface area contributed by atoms with E-state index in [-0.39, 0.29) is 5.82 Å². The van der Waals surface area contributed by atoms with E-state index in [4.69, 9.17) is 5.73 Å². The molecular formula is C16H21FN2S. The van der Waals surface area contributed by atoms with E-state index in [0.29, 0.717) is 6.54 Å². The van der Waals surface area contributed by atoms with Gasteiger partial charge in [0.2, 0.25) is 0 Å². The molecule has 0 aliphatic carbocycles. The molecule has 1 aliphatic rings. The van der Waals surface area contributed by atoms with E-state index in [1.807, 2.05) is 6.07 Å². The summed E-state index contributed by atoms with van der Waals surface area (Å²) in [4.78, 5) is 3.57. The number of rotatable bonds is 3. The number of piperidine rings is 1. The number of fused-ring (bicyclic) bond motifs is 1. The Bertz CT molecular complexity index is 600. The van der Waals surface area contributed by atoms with Gasteiger partial charge in [-0.15, -0.1) is 11.3 Å². The van der Waals surface area contributed by atoms with E-state index in [0.717, 1.165) is 46.1 Å². The van der Waals surface area contributed by atoms with Gasteiger partial charge in [-0.2, -0.15) is 0 Å². The summed E-state index contributed by atoms with van der Waals surface area (Å²) < 4.78 is 15.2. The van der Waals surface area contributed by atoms with Crippen LogP contribution in [0.5, 0.6) is 0 Å². The molecule has 1 fully saturated rings. The normalized spacial score (nSPS) is 17.9. The number of hydrogen-bond acceptors (Lipinski definition) is 3. The number of hydrogen-bond donors (Lipinski definition) is 1. The Hall–Kier alpha value is -0.970. The Balaban J connectivity index is 1.93. The van der Waals surface area contributed by atoms with Gasteiger partial charge >= 0.3 is 0 Å². The molecule has 1 saturated heterocycles. The van der Waals surface area contributed by atoms with Crippen LogP contribution >= 0.6 is 11.3 Å². The number of nitrogens with zero attached hydrogens (tertiary/aromatic N) is 1. The predicted octanol–water partition coefficient (Wildman–Crippen LogP) is 3.73. The number of nitrogens with two attached hydrogens (primary N) is 1. The van der Waals surface area contributed by atoms with Gasteiger partial charge in [-0.1, -0.05) is 13.0 Å². The average Bonchev–Trinajstić information content (AvgIpc) is 2.81. The first-order valence-electron chi connectivity index (χ1n) is 7.30. The fraction of sp³-hybridized carbons (Fsp3) is 0.500. The highest BCUT2D eigenvalue weighted by Crippen LogP contribution is 2.34. The van der Waals surface area contributed by atoms with Crippen molar-refractivity contribution in [3.63, 3.8) is 0 Å². The van der Waals surface area contributed by atoms with Crippen LogP contribution in [-0.4, -0.2) is 18.0 Å². The third-order valence-corrected chi connectivity index (χ3v) is 5.51. The summed E-state index contributed by atoms with van der Waals surface area (Å²) in [6.07, 6.45) is 2.48. The molecule has 2 heterocycles. The lowest BCUT2D eigenvalue weighted by Crippen LogP contribution is -2.32. The Morgan fingerprint density at radius 1 is 1.35 bits per heavy atom. The molecule has 4 heteroatoms. The maximum Gasteiger partial charge on any atom is 0.132 e. The lowest BCUT2D eigenvalue weighted by atomic mass is 9.98. The minimum Gasteiger partial charge on any atom is -0.326 e. The molecule has 2 nitrogen and oxygen atoms in total. The Morgan fingerprint density at radius 2 is 2.10 bits per heavy atom. The smallest absolute Gasteiger partial charge is 0.132 e. The van der Waals surface area contributed by atoms with Crippen molar-refractivity contribution in [1.82, 2.24) is 4.90 Å². The second-order valence-corrected chi connectivity index (χ2v) is 6.92. The molecule has 1 aromatic carbocycles. The largest absolute Gasteiger partial charge is 0.326 e. The first-order valence-corrected chi connectivity index (χ1v) is 8.12. The number of thiophene rings is 1. The maximum atomic E-state index is 14.2. The van der Waals surface area contributed by atoms with E-state index >= 15 is 0 Å². The summed E-state index contributed by atoms with van der Waals surface area (Å²) in [6.45, 7) is 5.86. The molecule has 0 atom stereocenters. The Morgan fingerprint density at radius 3 is 2.80 bits per heavy atom. The van der Waals surface area contributed by atoms with Crippen LogP contribution in [0.3, 0.4) is 0 Å². The van der Waals surface area contributed by atoms with Crippen LogP contribution in [-0.2, 0) is 13.1 Å². The van der Waals surface area contributed by atoms with Gasteiger partial charge in [-0.25, -0.2) is 4.39 Å². The summed E-state index contributed by atoms with van der Waals surface area (Å²) in [5.74, 6) is 0.704. The van der Waals surface area contributed by atoms with Gasteiger partial charge in [0, 0.05) is 28.1 Å². The number of benzene rings is 1. The summed E-state index contributed by atoms with van der Waals surface area (Å²) in [5.41, 5.74) is 6.97. The molecule has 1 aliphatic heterocycles.